The molecule has 2 atom stereocenters. The van der Waals surface area contributed by atoms with E-state index in [-0.39, 0.29) is 11.4 Å². The highest BCUT2D eigenvalue weighted by Crippen LogP contribution is 2.32. The molecule has 1 spiro atoms. The van der Waals surface area contributed by atoms with E-state index in [9.17, 15) is 4.79 Å². The van der Waals surface area contributed by atoms with Gasteiger partial charge in [-0.05, 0) is 41.2 Å². The van der Waals surface area contributed by atoms with Crippen LogP contribution in [0.1, 0.15) is 34.1 Å². The van der Waals surface area contributed by atoms with Crippen molar-refractivity contribution in [1.29, 1.82) is 0 Å². The van der Waals surface area contributed by atoms with Crippen molar-refractivity contribution in [2.45, 2.75) is 51.2 Å². The first-order valence-electron chi connectivity index (χ1n) is 6.12. The Bertz CT molecular complexity index is 359. The molecule has 2 unspecified atom stereocenters. The summed E-state index contributed by atoms with van der Waals surface area (Å²) in [7, 11) is 2.04. The summed E-state index contributed by atoms with van der Waals surface area (Å²) in [5.74, 6) is 0.644. The smallest absolute Gasteiger partial charge is 0.256 e. The fourth-order valence-electron chi connectivity index (χ4n) is 2.45. The number of hydrogen-bond acceptors (Lipinski definition) is 4. The van der Waals surface area contributed by atoms with Crippen LogP contribution in [0.3, 0.4) is 0 Å². The lowest BCUT2D eigenvalue weighted by molar-refractivity contribution is -0.123. The number of carbonyl (C=O) groups is 1. The Morgan fingerprint density at radius 1 is 1.53 bits per heavy atom. The number of amides is 1. The van der Waals surface area contributed by atoms with Gasteiger partial charge >= 0.3 is 0 Å². The molecule has 17 heavy (non-hydrogen) atoms. The maximum atomic E-state index is 12.1. The van der Waals surface area contributed by atoms with Crippen LogP contribution >= 0.6 is 0 Å². The first kappa shape index (κ1) is 12.4. The van der Waals surface area contributed by atoms with Gasteiger partial charge in [0, 0.05) is 18.1 Å². The van der Waals surface area contributed by atoms with Gasteiger partial charge in [0.25, 0.3) is 5.91 Å². The van der Waals surface area contributed by atoms with Crippen LogP contribution < -0.4 is 10.6 Å². The van der Waals surface area contributed by atoms with Crippen LogP contribution in [0.25, 0.3) is 0 Å². The van der Waals surface area contributed by atoms with Crippen molar-refractivity contribution in [3.8, 4) is 0 Å². The monoisotopic (exact) mass is 238 g/mol. The van der Waals surface area contributed by atoms with Crippen LogP contribution in [-0.4, -0.2) is 47.5 Å². The number of rotatable bonds is 0. The van der Waals surface area contributed by atoms with Crippen molar-refractivity contribution < 1.29 is 4.79 Å². The second kappa shape index (κ2) is 3.70. The number of nitrogens with zero attached hydrogens (tertiary/aromatic N) is 2. The molecule has 0 aliphatic carbocycles. The van der Waals surface area contributed by atoms with Crippen molar-refractivity contribution >= 4 is 11.9 Å². The van der Waals surface area contributed by atoms with Crippen molar-refractivity contribution in [2.75, 3.05) is 13.6 Å². The Hall–Kier alpha value is -1.10. The summed E-state index contributed by atoms with van der Waals surface area (Å²) in [5.41, 5.74) is -0.657. The second-order valence-electron chi connectivity index (χ2n) is 6.29. The van der Waals surface area contributed by atoms with Gasteiger partial charge in [0.15, 0.2) is 11.5 Å². The summed E-state index contributed by atoms with van der Waals surface area (Å²) in [6.07, 6.45) is 0.796. The van der Waals surface area contributed by atoms with Crippen molar-refractivity contribution in [2.24, 2.45) is 4.99 Å². The van der Waals surface area contributed by atoms with Crippen LogP contribution in [0, 0.1) is 0 Å². The average Bonchev–Trinajstić information content (AvgIpc) is 2.53. The lowest BCUT2D eigenvalue weighted by Crippen LogP contribution is -2.48. The van der Waals surface area contributed by atoms with Gasteiger partial charge in [0.05, 0.1) is 0 Å². The first-order chi connectivity index (χ1) is 7.72. The van der Waals surface area contributed by atoms with E-state index in [1.165, 1.54) is 0 Å². The highest BCUT2D eigenvalue weighted by molar-refractivity contribution is 6.07. The normalized spacial score (nSPS) is 34.1. The molecule has 2 heterocycles. The average molecular weight is 238 g/mol. The highest BCUT2D eigenvalue weighted by Gasteiger charge is 2.50. The largest absolute Gasteiger partial charge is 0.351 e. The van der Waals surface area contributed by atoms with E-state index >= 15 is 0 Å². The molecule has 96 valence electrons. The Kier molecular flexibility index (Phi) is 2.69. The highest BCUT2D eigenvalue weighted by atomic mass is 16.2. The van der Waals surface area contributed by atoms with E-state index in [2.05, 4.69) is 48.2 Å². The molecule has 5 nitrogen and oxygen atoms in total. The van der Waals surface area contributed by atoms with Gasteiger partial charge < -0.3 is 10.2 Å². The van der Waals surface area contributed by atoms with Gasteiger partial charge in [-0.15, -0.1) is 0 Å². The number of guanidine groups is 1. The molecule has 2 N–H and O–H groups in total. The predicted molar refractivity (Wildman–Crippen MR) is 67.9 cm³/mol. The summed E-state index contributed by atoms with van der Waals surface area (Å²) >= 11 is 0. The molecule has 2 aliphatic rings. The molecule has 2 rings (SSSR count). The van der Waals surface area contributed by atoms with E-state index in [0.29, 0.717) is 18.5 Å². The van der Waals surface area contributed by atoms with E-state index in [4.69, 9.17) is 0 Å². The number of hydrogen-bond donors (Lipinski definition) is 2. The minimum atomic E-state index is -0.568. The quantitative estimate of drug-likeness (QED) is 0.639. The standard InChI is InChI=1S/C12H22N4O/c1-8-6-12(7-16(8)5)9(17)13-10(15-12)14-11(2,3)4/h8H,6-7H2,1-5H3,(H2,13,14,15,17). The fourth-order valence-corrected chi connectivity index (χ4v) is 2.45. The number of likely N-dealkylation sites (N-methyl/N-ethyl adjacent to an activating group) is 1. The van der Waals surface area contributed by atoms with Crippen molar-refractivity contribution in [3.05, 3.63) is 0 Å². The zero-order chi connectivity index (χ0) is 12.8. The molecule has 5 heteroatoms. The molecular formula is C12H22N4O. The lowest BCUT2D eigenvalue weighted by atomic mass is 9.97. The van der Waals surface area contributed by atoms with Gasteiger partial charge in [-0.25, -0.2) is 4.99 Å². The summed E-state index contributed by atoms with van der Waals surface area (Å²) in [6.45, 7) is 8.99. The Morgan fingerprint density at radius 3 is 2.65 bits per heavy atom. The SMILES string of the molecule is CC1CC2(CN1C)N=C(NC(C)(C)C)NC2=O. The number of aliphatic imine (C=N–C) groups is 1. The van der Waals surface area contributed by atoms with Crippen LogP contribution in [0.2, 0.25) is 0 Å². The molecule has 1 amide bonds. The molecule has 1 saturated heterocycles. The fraction of sp³-hybridized carbons (Fsp3) is 0.833. The first-order valence-corrected chi connectivity index (χ1v) is 6.12. The molecule has 2 aliphatic heterocycles. The van der Waals surface area contributed by atoms with Crippen molar-refractivity contribution in [1.82, 2.24) is 15.5 Å². The van der Waals surface area contributed by atoms with E-state index in [1.54, 1.807) is 0 Å². The number of likely N-dealkylation sites (tertiary alicyclic amines) is 1. The van der Waals surface area contributed by atoms with E-state index < -0.39 is 5.54 Å². The third-order valence-corrected chi connectivity index (χ3v) is 3.37. The van der Waals surface area contributed by atoms with Crippen LogP contribution in [0.5, 0.6) is 0 Å². The number of carbonyl (C=O) groups excluding carboxylic acids is 1. The van der Waals surface area contributed by atoms with Gasteiger partial charge in [-0.3, -0.25) is 10.1 Å². The Morgan fingerprint density at radius 2 is 2.18 bits per heavy atom. The Balaban J connectivity index is 2.18. The van der Waals surface area contributed by atoms with Gasteiger partial charge in [0.1, 0.15) is 0 Å². The molecule has 0 aromatic rings. The maximum Gasteiger partial charge on any atom is 0.256 e. The molecule has 1 fully saturated rings. The molecule has 0 radical (unpaired) electrons. The summed E-state index contributed by atoms with van der Waals surface area (Å²) in [4.78, 5) is 18.9. The maximum absolute atomic E-state index is 12.1. The second-order valence-corrected chi connectivity index (χ2v) is 6.29. The van der Waals surface area contributed by atoms with Gasteiger partial charge in [-0.2, -0.15) is 0 Å². The molecule has 0 bridgehead atoms. The lowest BCUT2D eigenvalue weighted by Gasteiger charge is -2.21. The van der Waals surface area contributed by atoms with Gasteiger partial charge in [0.2, 0.25) is 0 Å². The minimum Gasteiger partial charge on any atom is -0.351 e. The molecule has 0 saturated carbocycles. The van der Waals surface area contributed by atoms with Gasteiger partial charge in [-0.1, -0.05) is 0 Å². The third kappa shape index (κ3) is 2.29. The predicted octanol–water partition coefficient (Wildman–Crippen LogP) is 0.323. The Labute approximate surface area is 103 Å². The summed E-state index contributed by atoms with van der Waals surface area (Å²) in [5, 5.41) is 6.09. The van der Waals surface area contributed by atoms with Crippen LogP contribution in [0.4, 0.5) is 0 Å². The van der Waals surface area contributed by atoms with Crippen molar-refractivity contribution in [3.63, 3.8) is 0 Å². The topological polar surface area (TPSA) is 56.7 Å². The molecule has 0 aromatic heterocycles. The molecular weight excluding hydrogens is 216 g/mol. The summed E-state index contributed by atoms with van der Waals surface area (Å²) < 4.78 is 0. The van der Waals surface area contributed by atoms with Crippen LogP contribution in [0.15, 0.2) is 4.99 Å². The third-order valence-electron chi connectivity index (χ3n) is 3.37. The minimum absolute atomic E-state index is 0.0282. The van der Waals surface area contributed by atoms with E-state index in [0.717, 1.165) is 6.42 Å². The van der Waals surface area contributed by atoms with E-state index in [1.807, 2.05) is 7.05 Å². The van der Waals surface area contributed by atoms with Crippen LogP contribution in [-0.2, 0) is 4.79 Å². The number of nitrogens with one attached hydrogen (secondary N) is 2. The summed E-state index contributed by atoms with van der Waals surface area (Å²) in [6, 6.07) is 0.401. The molecule has 0 aromatic carbocycles. The zero-order valence-corrected chi connectivity index (χ0v) is 11.3. The zero-order valence-electron chi connectivity index (χ0n) is 11.3.